The van der Waals surface area contributed by atoms with E-state index >= 15 is 0 Å². The Labute approximate surface area is 115 Å². The minimum Gasteiger partial charge on any atom is -0.395 e. The number of aromatic nitrogens is 2. The van der Waals surface area contributed by atoms with Gasteiger partial charge in [0.2, 0.25) is 0 Å². The third-order valence-corrected chi connectivity index (χ3v) is 4.34. The average Bonchev–Trinajstić information content (AvgIpc) is 2.96. The minimum absolute atomic E-state index is 0.122. The first-order valence-electron chi connectivity index (χ1n) is 5.57. The Bertz CT molecular complexity index is 563. The van der Waals surface area contributed by atoms with E-state index in [-0.39, 0.29) is 6.61 Å². The smallest absolute Gasteiger partial charge is 0.0625 e. The maximum Gasteiger partial charge on any atom is 0.0625 e. The molecule has 0 aliphatic rings. The number of nitrogens with zero attached hydrogens (tertiary/aromatic N) is 2. The molecule has 18 heavy (non-hydrogen) atoms. The molecule has 0 atom stereocenters. The molecule has 0 saturated carbocycles. The van der Waals surface area contributed by atoms with Crippen LogP contribution in [0.15, 0.2) is 28.7 Å². The molecule has 0 radical (unpaired) electrons. The predicted molar refractivity (Wildman–Crippen MR) is 75.7 cm³/mol. The van der Waals surface area contributed by atoms with Gasteiger partial charge >= 0.3 is 0 Å². The summed E-state index contributed by atoms with van der Waals surface area (Å²) < 4.78 is 1.80. The van der Waals surface area contributed by atoms with E-state index in [4.69, 9.17) is 5.11 Å². The van der Waals surface area contributed by atoms with E-state index in [2.05, 4.69) is 22.3 Å². The third-order valence-electron chi connectivity index (χ3n) is 2.26. The zero-order valence-corrected chi connectivity index (χ0v) is 11.7. The van der Waals surface area contributed by atoms with Gasteiger partial charge in [-0.1, -0.05) is 11.8 Å². The fourth-order valence-electron chi connectivity index (χ4n) is 1.40. The van der Waals surface area contributed by atoms with Gasteiger partial charge in [0.25, 0.3) is 0 Å². The molecule has 0 unspecified atom stereocenters. The van der Waals surface area contributed by atoms with Crippen molar-refractivity contribution < 1.29 is 5.11 Å². The lowest BCUT2D eigenvalue weighted by molar-refractivity contribution is 0.305. The van der Waals surface area contributed by atoms with Crippen molar-refractivity contribution in [3.8, 4) is 11.8 Å². The van der Waals surface area contributed by atoms with Crippen LogP contribution in [-0.2, 0) is 12.8 Å². The van der Waals surface area contributed by atoms with Crippen molar-refractivity contribution in [3.05, 3.63) is 34.3 Å². The first-order chi connectivity index (χ1) is 8.79. The molecular formula is C13H14N2OS2. The average molecular weight is 278 g/mol. The summed E-state index contributed by atoms with van der Waals surface area (Å²) in [6, 6.07) is 2.04. The second-order valence-corrected chi connectivity index (χ2v) is 5.72. The van der Waals surface area contributed by atoms with Gasteiger partial charge in [0.05, 0.1) is 12.8 Å². The number of hydrogen-bond donors (Lipinski definition) is 1. The van der Waals surface area contributed by atoms with E-state index in [0.29, 0.717) is 6.42 Å². The molecule has 3 nitrogen and oxygen atoms in total. The van der Waals surface area contributed by atoms with Gasteiger partial charge in [-0.15, -0.1) is 23.1 Å². The summed E-state index contributed by atoms with van der Waals surface area (Å²) in [5, 5.41) is 14.9. The largest absolute Gasteiger partial charge is 0.395 e. The quantitative estimate of drug-likeness (QED) is 0.690. The van der Waals surface area contributed by atoms with Crippen LogP contribution in [0.1, 0.15) is 16.9 Å². The van der Waals surface area contributed by atoms with Crippen molar-refractivity contribution in [2.75, 3.05) is 6.61 Å². The Balaban J connectivity index is 1.98. The molecule has 0 bridgehead atoms. The Kier molecular flexibility index (Phi) is 4.88. The zero-order valence-electron chi connectivity index (χ0n) is 10.1. The van der Waals surface area contributed by atoms with Crippen LogP contribution < -0.4 is 0 Å². The van der Waals surface area contributed by atoms with E-state index in [0.717, 1.165) is 11.3 Å². The van der Waals surface area contributed by atoms with E-state index in [9.17, 15) is 0 Å². The molecule has 2 aromatic heterocycles. The van der Waals surface area contributed by atoms with Crippen LogP contribution >= 0.6 is 23.1 Å². The molecular weight excluding hydrogens is 264 g/mol. The molecule has 2 aromatic rings. The summed E-state index contributed by atoms with van der Waals surface area (Å²) in [5.74, 6) is 6.97. The second kappa shape index (κ2) is 6.64. The number of aryl methyl sites for hydroxylation is 1. The van der Waals surface area contributed by atoms with E-state index in [1.54, 1.807) is 27.8 Å². The zero-order chi connectivity index (χ0) is 12.8. The highest BCUT2D eigenvalue weighted by Crippen LogP contribution is 2.26. The van der Waals surface area contributed by atoms with Crippen LogP contribution in [0.3, 0.4) is 0 Å². The van der Waals surface area contributed by atoms with Gasteiger partial charge in [-0.3, -0.25) is 4.68 Å². The molecule has 94 valence electrons. The summed E-state index contributed by atoms with van der Waals surface area (Å²) in [6.45, 7) is 0.122. The monoisotopic (exact) mass is 278 g/mol. The predicted octanol–water partition coefficient (Wildman–Crippen LogP) is 2.51. The SMILES string of the molecule is Cn1cc(SCc2sccc2C#CCCO)cn1. The summed E-state index contributed by atoms with van der Waals surface area (Å²) in [5.41, 5.74) is 1.07. The van der Waals surface area contributed by atoms with Crippen LogP contribution in [0.4, 0.5) is 0 Å². The molecule has 5 heteroatoms. The molecule has 0 aliphatic heterocycles. The molecule has 2 heterocycles. The number of hydrogen-bond acceptors (Lipinski definition) is 4. The van der Waals surface area contributed by atoms with Crippen molar-refractivity contribution >= 4 is 23.1 Å². The number of rotatable bonds is 4. The first-order valence-corrected chi connectivity index (χ1v) is 7.43. The molecule has 0 aromatic carbocycles. The van der Waals surface area contributed by atoms with Crippen molar-refractivity contribution in [2.45, 2.75) is 17.1 Å². The Morgan fingerprint density at radius 2 is 2.44 bits per heavy atom. The lowest BCUT2D eigenvalue weighted by atomic mass is 10.2. The lowest BCUT2D eigenvalue weighted by Gasteiger charge is -1.96. The molecule has 0 fully saturated rings. The van der Waals surface area contributed by atoms with Crippen LogP contribution in [0.5, 0.6) is 0 Å². The second-order valence-electron chi connectivity index (χ2n) is 3.67. The maximum absolute atomic E-state index is 8.71. The summed E-state index contributed by atoms with van der Waals surface area (Å²) in [6.07, 6.45) is 4.41. The van der Waals surface area contributed by atoms with Crippen molar-refractivity contribution in [1.29, 1.82) is 0 Å². The standard InChI is InChI=1S/C13H14N2OS2/c1-15-9-12(8-14-15)18-10-13-11(5-7-17-13)4-2-3-6-16/h5,7-9,16H,3,6,10H2,1H3. The van der Waals surface area contributed by atoms with Crippen LogP contribution in [0, 0.1) is 11.8 Å². The van der Waals surface area contributed by atoms with Crippen LogP contribution in [0.25, 0.3) is 0 Å². The normalized spacial score (nSPS) is 10.1. The van der Waals surface area contributed by atoms with Gasteiger partial charge in [0.15, 0.2) is 0 Å². The Morgan fingerprint density at radius 3 is 3.17 bits per heavy atom. The Hall–Kier alpha value is -1.22. The Morgan fingerprint density at radius 1 is 1.56 bits per heavy atom. The first kappa shape index (κ1) is 13.2. The highest BCUT2D eigenvalue weighted by atomic mass is 32.2. The summed E-state index contributed by atoms with van der Waals surface area (Å²) in [4.78, 5) is 2.44. The minimum atomic E-state index is 0.122. The van der Waals surface area contributed by atoms with Crippen molar-refractivity contribution in [1.82, 2.24) is 9.78 Å². The molecule has 0 amide bonds. The van der Waals surface area contributed by atoms with Crippen LogP contribution in [-0.4, -0.2) is 21.5 Å². The number of thioether (sulfide) groups is 1. The molecule has 2 rings (SSSR count). The van der Waals surface area contributed by atoms with Gasteiger partial charge in [-0.25, -0.2) is 0 Å². The van der Waals surface area contributed by atoms with Gasteiger partial charge < -0.3 is 5.11 Å². The van der Waals surface area contributed by atoms with Crippen LogP contribution in [0.2, 0.25) is 0 Å². The van der Waals surface area contributed by atoms with Crippen molar-refractivity contribution in [3.63, 3.8) is 0 Å². The highest BCUT2D eigenvalue weighted by Gasteiger charge is 2.04. The fourth-order valence-corrected chi connectivity index (χ4v) is 3.26. The molecule has 0 saturated heterocycles. The van der Waals surface area contributed by atoms with E-state index in [1.165, 1.54) is 9.77 Å². The van der Waals surface area contributed by atoms with E-state index < -0.39 is 0 Å². The fraction of sp³-hybridized carbons (Fsp3) is 0.308. The molecule has 0 aliphatic carbocycles. The lowest BCUT2D eigenvalue weighted by Crippen LogP contribution is -1.84. The van der Waals surface area contributed by atoms with Gasteiger partial charge in [-0.2, -0.15) is 5.10 Å². The third kappa shape index (κ3) is 3.64. The van der Waals surface area contributed by atoms with Gasteiger partial charge in [-0.05, 0) is 11.4 Å². The molecule has 1 N–H and O–H groups in total. The number of thiophene rings is 1. The van der Waals surface area contributed by atoms with Crippen molar-refractivity contribution in [2.24, 2.45) is 7.05 Å². The molecule has 0 spiro atoms. The summed E-state index contributed by atoms with van der Waals surface area (Å²) in [7, 11) is 1.92. The van der Waals surface area contributed by atoms with Gasteiger partial charge in [0, 0.05) is 40.8 Å². The topological polar surface area (TPSA) is 38.0 Å². The van der Waals surface area contributed by atoms with Gasteiger partial charge in [0.1, 0.15) is 0 Å². The maximum atomic E-state index is 8.71. The number of aliphatic hydroxyl groups excluding tert-OH is 1. The van der Waals surface area contributed by atoms with E-state index in [1.807, 2.05) is 25.5 Å². The highest BCUT2D eigenvalue weighted by molar-refractivity contribution is 7.98. The summed E-state index contributed by atoms with van der Waals surface area (Å²) >= 11 is 3.48. The number of aliphatic hydroxyl groups is 1.